The van der Waals surface area contributed by atoms with E-state index < -0.39 is 6.04 Å². The minimum absolute atomic E-state index is 0.0663. The zero-order chi connectivity index (χ0) is 16.1. The van der Waals surface area contributed by atoms with Gasteiger partial charge in [-0.1, -0.05) is 61.0 Å². The summed E-state index contributed by atoms with van der Waals surface area (Å²) in [5.74, 6) is -0.0663. The van der Waals surface area contributed by atoms with E-state index in [0.29, 0.717) is 6.54 Å². The first-order valence-corrected chi connectivity index (χ1v) is 7.66. The summed E-state index contributed by atoms with van der Waals surface area (Å²) in [6, 6.07) is 15.5. The van der Waals surface area contributed by atoms with Crippen molar-refractivity contribution in [1.29, 1.82) is 0 Å². The van der Waals surface area contributed by atoms with Gasteiger partial charge in [-0.05, 0) is 30.0 Å². The van der Waals surface area contributed by atoms with E-state index in [1.165, 1.54) is 5.56 Å². The highest BCUT2D eigenvalue weighted by Gasteiger charge is 2.19. The van der Waals surface area contributed by atoms with Crippen molar-refractivity contribution in [3.8, 4) is 0 Å². The van der Waals surface area contributed by atoms with Gasteiger partial charge in [0.1, 0.15) is 6.04 Å². The summed E-state index contributed by atoms with van der Waals surface area (Å²) in [7, 11) is 1.80. The lowest BCUT2D eigenvalue weighted by Gasteiger charge is -2.22. The average Bonchev–Trinajstić information content (AvgIpc) is 2.55. The Morgan fingerprint density at radius 2 is 1.59 bits per heavy atom. The predicted molar refractivity (Wildman–Crippen MR) is 90.4 cm³/mol. The highest BCUT2D eigenvalue weighted by atomic mass is 16.2. The molecule has 2 aromatic rings. The molecule has 0 aliphatic heterocycles. The lowest BCUT2D eigenvalue weighted by molar-refractivity contribution is -0.131. The summed E-state index contributed by atoms with van der Waals surface area (Å²) in [5.41, 5.74) is 10.5. The van der Waals surface area contributed by atoms with Crippen LogP contribution in [0.25, 0.3) is 0 Å². The first-order valence-electron chi connectivity index (χ1n) is 7.66. The molecule has 0 radical (unpaired) electrons. The number of hydrogen-bond acceptors (Lipinski definition) is 2. The number of aryl methyl sites for hydroxylation is 2. The van der Waals surface area contributed by atoms with Gasteiger partial charge in [0.25, 0.3) is 0 Å². The Morgan fingerprint density at radius 3 is 2.14 bits per heavy atom. The van der Waals surface area contributed by atoms with Crippen LogP contribution in [0.15, 0.2) is 48.5 Å². The number of carbonyl (C=O) groups is 1. The third-order valence-electron chi connectivity index (χ3n) is 3.93. The van der Waals surface area contributed by atoms with E-state index >= 15 is 0 Å². The standard InChI is InChI=1S/C19H24N2O/c1-4-15-7-9-16(10-8-15)13-21(3)19(22)18(20)17-11-5-14(2)6-12-17/h5-12,18H,4,13,20H2,1-3H3. The van der Waals surface area contributed by atoms with Gasteiger partial charge in [-0.25, -0.2) is 0 Å². The number of hydrogen-bond donors (Lipinski definition) is 1. The van der Waals surface area contributed by atoms with Crippen molar-refractivity contribution in [2.75, 3.05) is 7.05 Å². The highest BCUT2D eigenvalue weighted by Crippen LogP contribution is 2.15. The van der Waals surface area contributed by atoms with Crippen molar-refractivity contribution in [3.63, 3.8) is 0 Å². The van der Waals surface area contributed by atoms with Crippen LogP contribution in [-0.4, -0.2) is 17.9 Å². The second-order valence-electron chi connectivity index (χ2n) is 5.75. The van der Waals surface area contributed by atoms with Crippen molar-refractivity contribution in [2.45, 2.75) is 32.9 Å². The molecule has 0 aromatic heterocycles. The maximum atomic E-state index is 12.5. The van der Waals surface area contributed by atoms with Gasteiger partial charge in [0.05, 0.1) is 0 Å². The van der Waals surface area contributed by atoms with Crippen molar-refractivity contribution >= 4 is 5.91 Å². The second-order valence-corrected chi connectivity index (χ2v) is 5.75. The Kier molecular flexibility index (Phi) is 5.34. The minimum Gasteiger partial charge on any atom is -0.340 e. The van der Waals surface area contributed by atoms with Gasteiger partial charge in [-0.2, -0.15) is 0 Å². The predicted octanol–water partition coefficient (Wildman–Crippen LogP) is 3.22. The molecule has 0 bridgehead atoms. The lowest BCUT2D eigenvalue weighted by atomic mass is 10.0. The van der Waals surface area contributed by atoms with Crippen LogP contribution in [-0.2, 0) is 17.8 Å². The van der Waals surface area contributed by atoms with Gasteiger partial charge >= 0.3 is 0 Å². The van der Waals surface area contributed by atoms with E-state index in [9.17, 15) is 4.79 Å². The zero-order valence-electron chi connectivity index (χ0n) is 13.5. The van der Waals surface area contributed by atoms with Gasteiger partial charge in [-0.3, -0.25) is 4.79 Å². The number of amides is 1. The molecule has 0 aliphatic rings. The quantitative estimate of drug-likeness (QED) is 0.921. The SMILES string of the molecule is CCc1ccc(CN(C)C(=O)C(N)c2ccc(C)cc2)cc1. The monoisotopic (exact) mass is 296 g/mol. The number of nitrogens with zero attached hydrogens (tertiary/aromatic N) is 1. The number of benzene rings is 2. The van der Waals surface area contributed by atoms with Crippen molar-refractivity contribution < 1.29 is 4.79 Å². The van der Waals surface area contributed by atoms with Crippen LogP contribution < -0.4 is 5.73 Å². The Morgan fingerprint density at radius 1 is 1.05 bits per heavy atom. The molecule has 3 nitrogen and oxygen atoms in total. The molecule has 0 heterocycles. The number of nitrogens with two attached hydrogens (primary N) is 1. The van der Waals surface area contributed by atoms with E-state index in [1.807, 2.05) is 31.2 Å². The van der Waals surface area contributed by atoms with Crippen LogP contribution >= 0.6 is 0 Å². The van der Waals surface area contributed by atoms with E-state index in [0.717, 1.165) is 23.1 Å². The summed E-state index contributed by atoms with van der Waals surface area (Å²) in [6.07, 6.45) is 1.02. The molecule has 1 unspecified atom stereocenters. The topological polar surface area (TPSA) is 46.3 Å². The maximum absolute atomic E-state index is 12.5. The van der Waals surface area contributed by atoms with E-state index in [1.54, 1.807) is 11.9 Å². The normalized spacial score (nSPS) is 12.0. The maximum Gasteiger partial charge on any atom is 0.244 e. The Balaban J connectivity index is 2.02. The van der Waals surface area contributed by atoms with Crippen LogP contribution in [0, 0.1) is 6.92 Å². The van der Waals surface area contributed by atoms with Gasteiger partial charge < -0.3 is 10.6 Å². The summed E-state index contributed by atoms with van der Waals surface area (Å²) in [5, 5.41) is 0. The molecule has 1 atom stereocenters. The molecule has 0 saturated carbocycles. The average molecular weight is 296 g/mol. The van der Waals surface area contributed by atoms with Crippen molar-refractivity contribution in [3.05, 3.63) is 70.8 Å². The Bertz CT molecular complexity index is 617. The molecule has 2 rings (SSSR count). The largest absolute Gasteiger partial charge is 0.340 e. The molecule has 0 spiro atoms. The summed E-state index contributed by atoms with van der Waals surface area (Å²) < 4.78 is 0. The van der Waals surface area contributed by atoms with Crippen LogP contribution in [0.3, 0.4) is 0 Å². The first-order chi connectivity index (χ1) is 10.5. The van der Waals surface area contributed by atoms with Crippen LogP contribution in [0.4, 0.5) is 0 Å². The van der Waals surface area contributed by atoms with Crippen LogP contribution in [0.5, 0.6) is 0 Å². The molecule has 22 heavy (non-hydrogen) atoms. The molecule has 3 heteroatoms. The van der Waals surface area contributed by atoms with E-state index in [2.05, 4.69) is 31.2 Å². The molecule has 2 N–H and O–H groups in total. The number of rotatable bonds is 5. The van der Waals surface area contributed by atoms with Crippen molar-refractivity contribution in [1.82, 2.24) is 4.90 Å². The summed E-state index contributed by atoms with van der Waals surface area (Å²) in [4.78, 5) is 14.1. The lowest BCUT2D eigenvalue weighted by Crippen LogP contribution is -2.35. The Hall–Kier alpha value is -2.13. The number of likely N-dealkylation sites (N-methyl/N-ethyl adjacent to an activating group) is 1. The summed E-state index contributed by atoms with van der Waals surface area (Å²) >= 11 is 0. The fourth-order valence-electron chi connectivity index (χ4n) is 2.39. The Labute approximate surface area is 132 Å². The second kappa shape index (κ2) is 7.23. The van der Waals surface area contributed by atoms with Crippen LogP contribution in [0.1, 0.15) is 35.2 Å². The van der Waals surface area contributed by atoms with E-state index in [-0.39, 0.29) is 5.91 Å². The minimum atomic E-state index is -0.611. The van der Waals surface area contributed by atoms with Crippen molar-refractivity contribution in [2.24, 2.45) is 5.73 Å². The van der Waals surface area contributed by atoms with Gasteiger partial charge in [0, 0.05) is 13.6 Å². The molecular weight excluding hydrogens is 272 g/mol. The highest BCUT2D eigenvalue weighted by molar-refractivity contribution is 5.82. The summed E-state index contributed by atoms with van der Waals surface area (Å²) in [6.45, 7) is 4.72. The van der Waals surface area contributed by atoms with E-state index in [4.69, 9.17) is 5.73 Å². The molecule has 2 aromatic carbocycles. The third kappa shape index (κ3) is 3.95. The molecular formula is C19H24N2O. The molecule has 0 saturated heterocycles. The molecule has 0 fully saturated rings. The van der Waals surface area contributed by atoms with Crippen LogP contribution in [0.2, 0.25) is 0 Å². The fraction of sp³-hybridized carbons (Fsp3) is 0.316. The zero-order valence-corrected chi connectivity index (χ0v) is 13.5. The molecule has 0 aliphatic carbocycles. The molecule has 1 amide bonds. The molecule has 116 valence electrons. The smallest absolute Gasteiger partial charge is 0.244 e. The first kappa shape index (κ1) is 16.2. The van der Waals surface area contributed by atoms with Gasteiger partial charge in [0.2, 0.25) is 5.91 Å². The fourth-order valence-corrected chi connectivity index (χ4v) is 2.39. The number of carbonyl (C=O) groups excluding carboxylic acids is 1. The third-order valence-corrected chi connectivity index (χ3v) is 3.93. The van der Waals surface area contributed by atoms with Gasteiger partial charge in [-0.15, -0.1) is 0 Å². The van der Waals surface area contributed by atoms with Gasteiger partial charge in [0.15, 0.2) is 0 Å².